The largest absolute Gasteiger partial charge is 0.380 e. The van der Waals surface area contributed by atoms with Crippen LogP contribution in [0.2, 0.25) is 10.0 Å². The van der Waals surface area contributed by atoms with Crippen molar-refractivity contribution in [2.24, 2.45) is 5.92 Å². The molecule has 0 spiro atoms. The number of halogens is 2. The van der Waals surface area contributed by atoms with Crippen molar-refractivity contribution in [3.63, 3.8) is 0 Å². The zero-order valence-corrected chi connectivity index (χ0v) is 12.9. The second-order valence-electron chi connectivity index (χ2n) is 5.37. The van der Waals surface area contributed by atoms with Gasteiger partial charge in [-0.15, -0.1) is 0 Å². The predicted molar refractivity (Wildman–Crippen MR) is 82.8 cm³/mol. The molecule has 0 radical (unpaired) electrons. The third-order valence-electron chi connectivity index (χ3n) is 3.97. The van der Waals surface area contributed by atoms with Crippen molar-refractivity contribution in [3.8, 4) is 0 Å². The van der Waals surface area contributed by atoms with E-state index < -0.39 is 4.92 Å². The van der Waals surface area contributed by atoms with Gasteiger partial charge in [0.2, 0.25) is 0 Å². The fourth-order valence-corrected chi connectivity index (χ4v) is 3.37. The van der Waals surface area contributed by atoms with Gasteiger partial charge in [-0.1, -0.05) is 42.5 Å². The first-order valence-electron chi connectivity index (χ1n) is 6.89. The summed E-state index contributed by atoms with van der Waals surface area (Å²) in [6.45, 7) is 2.12. The van der Waals surface area contributed by atoms with Gasteiger partial charge in [0.1, 0.15) is 0 Å². The van der Waals surface area contributed by atoms with Crippen LogP contribution in [-0.4, -0.2) is 11.0 Å². The lowest BCUT2D eigenvalue weighted by Crippen LogP contribution is -2.27. The van der Waals surface area contributed by atoms with Gasteiger partial charge in [0.25, 0.3) is 5.69 Å². The smallest absolute Gasteiger partial charge is 0.272 e. The van der Waals surface area contributed by atoms with Gasteiger partial charge in [-0.05, 0) is 25.7 Å². The van der Waals surface area contributed by atoms with Crippen molar-refractivity contribution in [1.82, 2.24) is 0 Å². The van der Waals surface area contributed by atoms with Crippen molar-refractivity contribution in [3.05, 3.63) is 32.3 Å². The van der Waals surface area contributed by atoms with Crippen molar-refractivity contribution in [2.45, 2.75) is 45.1 Å². The molecule has 2 rings (SSSR count). The average Bonchev–Trinajstić information content (AvgIpc) is 2.43. The minimum Gasteiger partial charge on any atom is -0.380 e. The summed E-state index contributed by atoms with van der Waals surface area (Å²) in [4.78, 5) is 10.3. The number of nitrogens with one attached hydrogen (secondary N) is 1. The third kappa shape index (κ3) is 3.55. The van der Waals surface area contributed by atoms with Gasteiger partial charge >= 0.3 is 0 Å². The van der Waals surface area contributed by atoms with Crippen LogP contribution in [0.4, 0.5) is 11.4 Å². The highest BCUT2D eigenvalue weighted by atomic mass is 35.5. The van der Waals surface area contributed by atoms with Gasteiger partial charge in [-0.3, -0.25) is 10.1 Å². The standard InChI is InChI=1S/C14H18Cl2N2O2/c1-9(10-5-3-2-4-6-10)17-14-12(15)7-11(18(19)20)8-13(14)16/h7-10,17H,2-6H2,1H3. The van der Waals surface area contributed by atoms with Crippen LogP contribution >= 0.6 is 23.2 Å². The Bertz CT molecular complexity index is 479. The molecule has 1 unspecified atom stereocenters. The van der Waals surface area contributed by atoms with Gasteiger partial charge in [-0.2, -0.15) is 0 Å². The van der Waals surface area contributed by atoms with Crippen LogP contribution in [0.25, 0.3) is 0 Å². The number of nitro groups is 1. The molecule has 0 heterocycles. The fourth-order valence-electron chi connectivity index (χ4n) is 2.78. The molecule has 0 bridgehead atoms. The van der Waals surface area contributed by atoms with E-state index >= 15 is 0 Å². The lowest BCUT2D eigenvalue weighted by atomic mass is 9.84. The molecule has 0 aromatic heterocycles. The Morgan fingerprint density at radius 1 is 1.25 bits per heavy atom. The zero-order chi connectivity index (χ0) is 14.7. The molecular weight excluding hydrogens is 299 g/mol. The Balaban J connectivity index is 2.14. The molecule has 0 saturated heterocycles. The molecular formula is C14H18Cl2N2O2. The summed E-state index contributed by atoms with van der Waals surface area (Å²) in [5.41, 5.74) is 0.507. The maximum absolute atomic E-state index is 10.8. The zero-order valence-electron chi connectivity index (χ0n) is 11.4. The first kappa shape index (κ1) is 15.4. The molecule has 20 heavy (non-hydrogen) atoms. The van der Waals surface area contributed by atoms with Crippen LogP contribution in [0.1, 0.15) is 39.0 Å². The monoisotopic (exact) mass is 316 g/mol. The Labute approximate surface area is 128 Å². The molecule has 0 amide bonds. The average molecular weight is 317 g/mol. The van der Waals surface area contributed by atoms with E-state index in [0.717, 1.165) is 0 Å². The summed E-state index contributed by atoms with van der Waals surface area (Å²) in [6, 6.07) is 2.93. The predicted octanol–water partition coefficient (Wildman–Crippen LogP) is 5.28. The Hall–Kier alpha value is -1.00. The number of hydrogen-bond donors (Lipinski definition) is 1. The number of nitrogens with zero attached hydrogens (tertiary/aromatic N) is 1. The van der Waals surface area contributed by atoms with Crippen LogP contribution in [0.15, 0.2) is 12.1 Å². The van der Waals surface area contributed by atoms with Gasteiger partial charge in [0.05, 0.1) is 20.7 Å². The number of benzene rings is 1. The SMILES string of the molecule is CC(Nc1c(Cl)cc([N+](=O)[O-])cc1Cl)C1CCCCC1. The molecule has 1 aliphatic carbocycles. The minimum absolute atomic E-state index is 0.0872. The highest BCUT2D eigenvalue weighted by molar-refractivity contribution is 6.39. The van der Waals surface area contributed by atoms with E-state index in [9.17, 15) is 10.1 Å². The summed E-state index contributed by atoms with van der Waals surface area (Å²) in [5.74, 6) is 0.603. The van der Waals surface area contributed by atoms with Crippen molar-refractivity contribution in [1.29, 1.82) is 0 Å². The maximum atomic E-state index is 10.8. The first-order chi connectivity index (χ1) is 9.49. The molecule has 1 saturated carbocycles. The normalized spacial score (nSPS) is 17.8. The quantitative estimate of drug-likeness (QED) is 0.607. The van der Waals surface area contributed by atoms with E-state index in [1.807, 2.05) is 0 Å². The minimum atomic E-state index is -0.494. The lowest BCUT2D eigenvalue weighted by Gasteiger charge is -2.29. The molecule has 1 aromatic rings. The van der Waals surface area contributed by atoms with E-state index in [0.29, 0.717) is 21.7 Å². The topological polar surface area (TPSA) is 55.2 Å². The lowest BCUT2D eigenvalue weighted by molar-refractivity contribution is -0.384. The van der Waals surface area contributed by atoms with Crippen LogP contribution in [0.5, 0.6) is 0 Å². The van der Waals surface area contributed by atoms with Gasteiger partial charge in [0.15, 0.2) is 0 Å². The fraction of sp³-hybridized carbons (Fsp3) is 0.571. The highest BCUT2D eigenvalue weighted by Crippen LogP contribution is 2.37. The van der Waals surface area contributed by atoms with Crippen LogP contribution in [0.3, 0.4) is 0 Å². The second kappa shape index (κ2) is 6.64. The number of hydrogen-bond acceptors (Lipinski definition) is 3. The molecule has 1 aliphatic rings. The maximum Gasteiger partial charge on any atom is 0.272 e. The Morgan fingerprint density at radius 3 is 2.30 bits per heavy atom. The first-order valence-corrected chi connectivity index (χ1v) is 7.64. The van der Waals surface area contributed by atoms with Crippen LogP contribution in [0, 0.1) is 16.0 Å². The number of rotatable bonds is 4. The van der Waals surface area contributed by atoms with E-state index in [2.05, 4.69) is 12.2 Å². The molecule has 1 aromatic carbocycles. The van der Waals surface area contributed by atoms with Gasteiger partial charge in [0, 0.05) is 18.2 Å². The number of anilines is 1. The Kier molecular flexibility index (Phi) is 5.11. The second-order valence-corrected chi connectivity index (χ2v) is 6.19. The summed E-state index contributed by atoms with van der Waals surface area (Å²) >= 11 is 12.2. The highest BCUT2D eigenvalue weighted by Gasteiger charge is 2.22. The van der Waals surface area contributed by atoms with Crippen molar-refractivity contribution in [2.75, 3.05) is 5.32 Å². The molecule has 110 valence electrons. The van der Waals surface area contributed by atoms with Crippen molar-refractivity contribution < 1.29 is 4.92 Å². The van der Waals surface area contributed by atoms with E-state index in [-0.39, 0.29) is 11.7 Å². The summed E-state index contributed by atoms with van der Waals surface area (Å²) < 4.78 is 0. The van der Waals surface area contributed by atoms with Gasteiger partial charge in [-0.25, -0.2) is 0 Å². The summed E-state index contributed by atoms with van der Waals surface area (Å²) in [5, 5.41) is 14.7. The third-order valence-corrected chi connectivity index (χ3v) is 4.56. The van der Waals surface area contributed by atoms with E-state index in [1.165, 1.54) is 44.2 Å². The Morgan fingerprint density at radius 2 is 1.80 bits per heavy atom. The number of nitro benzene ring substituents is 1. The molecule has 4 nitrogen and oxygen atoms in total. The van der Waals surface area contributed by atoms with E-state index in [1.54, 1.807) is 0 Å². The van der Waals surface area contributed by atoms with E-state index in [4.69, 9.17) is 23.2 Å². The number of non-ortho nitro benzene ring substituents is 1. The van der Waals surface area contributed by atoms with Crippen molar-refractivity contribution >= 4 is 34.6 Å². The van der Waals surface area contributed by atoms with Crippen LogP contribution in [-0.2, 0) is 0 Å². The van der Waals surface area contributed by atoms with Crippen LogP contribution < -0.4 is 5.32 Å². The summed E-state index contributed by atoms with van der Waals surface area (Å²) in [6.07, 6.45) is 6.24. The summed E-state index contributed by atoms with van der Waals surface area (Å²) in [7, 11) is 0. The van der Waals surface area contributed by atoms with Gasteiger partial charge < -0.3 is 5.32 Å². The molecule has 0 aliphatic heterocycles. The molecule has 1 N–H and O–H groups in total. The molecule has 6 heteroatoms. The molecule has 1 atom stereocenters. The molecule has 1 fully saturated rings.